The van der Waals surface area contributed by atoms with E-state index >= 15 is 0 Å². The molecular weight excluding hydrogens is 107 g/mol. The maximum atomic E-state index is 12.1. The van der Waals surface area contributed by atoms with Crippen LogP contribution in [-0.2, 0) is 0 Å². The maximum absolute atomic E-state index is 12.1. The third-order valence-electron chi connectivity index (χ3n) is 0.733. The Bertz CT molecular complexity index is 110. The number of nitrogens with two attached hydrogens (primary N) is 2. The van der Waals surface area contributed by atoms with Gasteiger partial charge in [0.2, 0.25) is 0 Å². The lowest BCUT2D eigenvalue weighted by Gasteiger charge is -1.90. The van der Waals surface area contributed by atoms with Crippen molar-refractivity contribution in [2.24, 2.45) is 11.5 Å². The van der Waals surface area contributed by atoms with Gasteiger partial charge in [-0.2, -0.15) is 0 Å². The van der Waals surface area contributed by atoms with E-state index in [2.05, 4.69) is 0 Å². The molecule has 2 nitrogen and oxygen atoms in total. The van der Waals surface area contributed by atoms with Gasteiger partial charge in [-0.05, 0) is 6.92 Å². The number of hydrogen-bond acceptors (Lipinski definition) is 2. The molecule has 0 amide bonds. The molecule has 0 aliphatic rings. The number of rotatable bonds is 1. The predicted octanol–water partition coefficient (Wildman–Crippen LogP) is 0.619. The third kappa shape index (κ3) is 1.64. The molecule has 0 radical (unpaired) electrons. The van der Waals surface area contributed by atoms with Crippen molar-refractivity contribution in [1.82, 2.24) is 0 Å². The zero-order valence-corrected chi connectivity index (χ0v) is 4.69. The van der Waals surface area contributed by atoms with E-state index in [1.54, 1.807) is 6.92 Å². The van der Waals surface area contributed by atoms with Gasteiger partial charge in [-0.15, -0.1) is 0 Å². The Morgan fingerprint density at radius 2 is 2.12 bits per heavy atom. The molecule has 0 rings (SSSR count). The Morgan fingerprint density at radius 1 is 1.62 bits per heavy atom. The van der Waals surface area contributed by atoms with E-state index in [4.69, 9.17) is 11.5 Å². The average Bonchev–Trinajstić information content (AvgIpc) is 1.84. The molecule has 0 saturated carbocycles. The van der Waals surface area contributed by atoms with Gasteiger partial charge in [-0.3, -0.25) is 0 Å². The van der Waals surface area contributed by atoms with Crippen molar-refractivity contribution in [1.29, 1.82) is 0 Å². The van der Waals surface area contributed by atoms with E-state index in [0.29, 0.717) is 0 Å². The molecule has 0 unspecified atom stereocenters. The van der Waals surface area contributed by atoms with Crippen molar-refractivity contribution >= 4 is 0 Å². The highest BCUT2D eigenvalue weighted by atomic mass is 19.1. The smallest absolute Gasteiger partial charge is 0.161 e. The first-order valence-corrected chi connectivity index (χ1v) is 2.22. The summed E-state index contributed by atoms with van der Waals surface area (Å²) in [6.07, 6.45) is 2.27. The minimum atomic E-state index is -0.576. The predicted molar refractivity (Wildman–Crippen MR) is 31.3 cm³/mol. The van der Waals surface area contributed by atoms with Crippen LogP contribution in [0, 0.1) is 0 Å². The van der Waals surface area contributed by atoms with Gasteiger partial charge in [0.15, 0.2) is 5.83 Å². The molecule has 0 bridgehead atoms. The number of hydrogen-bond donors (Lipinski definition) is 2. The van der Waals surface area contributed by atoms with Crippen LogP contribution in [0.2, 0.25) is 0 Å². The zero-order chi connectivity index (χ0) is 6.57. The molecule has 8 heavy (non-hydrogen) atoms. The van der Waals surface area contributed by atoms with Crippen molar-refractivity contribution in [2.45, 2.75) is 6.92 Å². The first-order chi connectivity index (χ1) is 3.72. The van der Waals surface area contributed by atoms with Gasteiger partial charge in [0.25, 0.3) is 0 Å². The second-order valence-electron chi connectivity index (χ2n) is 1.26. The van der Waals surface area contributed by atoms with Crippen LogP contribution in [0.1, 0.15) is 6.92 Å². The molecule has 0 saturated heterocycles. The summed E-state index contributed by atoms with van der Waals surface area (Å²) in [6, 6.07) is 0. The Labute approximate surface area is 47.7 Å². The topological polar surface area (TPSA) is 52.0 Å². The molecule has 0 atom stereocenters. The summed E-state index contributed by atoms with van der Waals surface area (Å²) in [4.78, 5) is 0. The quantitative estimate of drug-likeness (QED) is 0.493. The van der Waals surface area contributed by atoms with Gasteiger partial charge >= 0.3 is 0 Å². The number of allylic oxidation sites excluding steroid dienone is 2. The van der Waals surface area contributed by atoms with Crippen LogP contribution in [0.25, 0.3) is 0 Å². The van der Waals surface area contributed by atoms with Crippen LogP contribution in [0.5, 0.6) is 0 Å². The standard InChI is InChI=1S/C5H9FN2/c1-2-5(8)4(6)3-7/h2-3H,7-8H2,1H3/b4-3+,5-2+. The van der Waals surface area contributed by atoms with E-state index in [1.165, 1.54) is 6.08 Å². The van der Waals surface area contributed by atoms with Gasteiger partial charge < -0.3 is 11.5 Å². The fourth-order valence-electron chi connectivity index (χ4n) is 0.234. The lowest BCUT2D eigenvalue weighted by atomic mass is 10.4. The van der Waals surface area contributed by atoms with Crippen LogP contribution in [-0.4, -0.2) is 0 Å². The van der Waals surface area contributed by atoms with Crippen molar-refractivity contribution in [2.75, 3.05) is 0 Å². The lowest BCUT2D eigenvalue weighted by Crippen LogP contribution is -1.98. The molecule has 3 heteroatoms. The van der Waals surface area contributed by atoms with Gasteiger partial charge in [0, 0.05) is 6.20 Å². The Kier molecular flexibility index (Phi) is 2.69. The highest BCUT2D eigenvalue weighted by Gasteiger charge is 1.92. The molecule has 46 valence electrons. The summed E-state index contributed by atoms with van der Waals surface area (Å²) < 4.78 is 12.1. The molecule has 0 spiro atoms. The van der Waals surface area contributed by atoms with E-state index in [0.717, 1.165) is 6.20 Å². The Morgan fingerprint density at radius 3 is 2.25 bits per heavy atom. The van der Waals surface area contributed by atoms with Crippen molar-refractivity contribution in [3.8, 4) is 0 Å². The zero-order valence-electron chi connectivity index (χ0n) is 4.69. The fourth-order valence-corrected chi connectivity index (χ4v) is 0.234. The van der Waals surface area contributed by atoms with E-state index < -0.39 is 5.83 Å². The molecule has 0 aliphatic carbocycles. The maximum Gasteiger partial charge on any atom is 0.161 e. The summed E-state index contributed by atoms with van der Waals surface area (Å²) in [5, 5.41) is 0. The Balaban J connectivity index is 4.04. The second kappa shape index (κ2) is 3.07. The molecule has 0 aromatic rings. The highest BCUT2D eigenvalue weighted by molar-refractivity contribution is 5.19. The molecule has 0 aromatic carbocycles. The summed E-state index contributed by atoms with van der Waals surface area (Å²) >= 11 is 0. The van der Waals surface area contributed by atoms with E-state index in [-0.39, 0.29) is 5.70 Å². The van der Waals surface area contributed by atoms with Gasteiger partial charge in [0.05, 0.1) is 5.70 Å². The fraction of sp³-hybridized carbons (Fsp3) is 0.200. The van der Waals surface area contributed by atoms with Crippen molar-refractivity contribution in [3.05, 3.63) is 23.8 Å². The van der Waals surface area contributed by atoms with Crippen LogP contribution in [0.4, 0.5) is 4.39 Å². The molecular formula is C5H9FN2. The first kappa shape index (κ1) is 7.01. The van der Waals surface area contributed by atoms with Gasteiger partial charge in [0.1, 0.15) is 0 Å². The van der Waals surface area contributed by atoms with Crippen LogP contribution >= 0.6 is 0 Å². The minimum absolute atomic E-state index is 0.0764. The first-order valence-electron chi connectivity index (χ1n) is 2.22. The van der Waals surface area contributed by atoms with Crippen molar-refractivity contribution < 1.29 is 4.39 Å². The van der Waals surface area contributed by atoms with Gasteiger partial charge in [-0.1, -0.05) is 6.08 Å². The number of halogens is 1. The summed E-state index contributed by atoms with van der Waals surface area (Å²) in [5.74, 6) is -0.576. The molecule has 0 aliphatic heterocycles. The second-order valence-corrected chi connectivity index (χ2v) is 1.26. The van der Waals surface area contributed by atoms with Crippen molar-refractivity contribution in [3.63, 3.8) is 0 Å². The lowest BCUT2D eigenvalue weighted by molar-refractivity contribution is 0.644. The average molecular weight is 116 g/mol. The van der Waals surface area contributed by atoms with Crippen LogP contribution in [0.15, 0.2) is 23.8 Å². The van der Waals surface area contributed by atoms with E-state index in [9.17, 15) is 4.39 Å². The van der Waals surface area contributed by atoms with Crippen LogP contribution in [0.3, 0.4) is 0 Å². The van der Waals surface area contributed by atoms with E-state index in [1.807, 2.05) is 0 Å². The minimum Gasteiger partial charge on any atom is -0.402 e. The largest absolute Gasteiger partial charge is 0.402 e. The monoisotopic (exact) mass is 116 g/mol. The molecule has 0 aromatic heterocycles. The summed E-state index contributed by atoms with van der Waals surface area (Å²) in [5.41, 5.74) is 9.93. The molecule has 0 fully saturated rings. The molecule has 0 heterocycles. The third-order valence-corrected chi connectivity index (χ3v) is 0.733. The SMILES string of the molecule is C/C=C(N)\C(F)=C/N. The van der Waals surface area contributed by atoms with Crippen LogP contribution < -0.4 is 11.5 Å². The van der Waals surface area contributed by atoms with Gasteiger partial charge in [-0.25, -0.2) is 4.39 Å². The Hall–Kier alpha value is -0.990. The highest BCUT2D eigenvalue weighted by Crippen LogP contribution is 2.00. The normalized spacial score (nSPS) is 14.2. The summed E-state index contributed by atoms with van der Waals surface area (Å²) in [6.45, 7) is 1.64. The summed E-state index contributed by atoms with van der Waals surface area (Å²) in [7, 11) is 0. The molecule has 4 N–H and O–H groups in total.